The van der Waals surface area contributed by atoms with Crippen molar-refractivity contribution in [3.8, 4) is 5.75 Å². The minimum atomic E-state index is 0.371. The van der Waals surface area contributed by atoms with Crippen LogP contribution in [-0.2, 0) is 4.74 Å². The van der Waals surface area contributed by atoms with Gasteiger partial charge in [0.1, 0.15) is 5.75 Å². The van der Waals surface area contributed by atoms with Crippen LogP contribution in [-0.4, -0.2) is 26.9 Å². The van der Waals surface area contributed by atoms with Gasteiger partial charge in [0, 0.05) is 19.8 Å². The molecule has 0 saturated carbocycles. The van der Waals surface area contributed by atoms with Gasteiger partial charge >= 0.3 is 0 Å². The molecule has 3 nitrogen and oxygen atoms in total. The van der Waals surface area contributed by atoms with Gasteiger partial charge in [0.15, 0.2) is 0 Å². The van der Waals surface area contributed by atoms with Crippen molar-refractivity contribution in [1.29, 1.82) is 0 Å². The van der Waals surface area contributed by atoms with Crippen molar-refractivity contribution in [1.82, 2.24) is 5.32 Å². The number of benzene rings is 1. The van der Waals surface area contributed by atoms with Crippen molar-refractivity contribution in [3.63, 3.8) is 0 Å². The molecule has 2 unspecified atom stereocenters. The number of hydrogen-bond acceptors (Lipinski definition) is 3. The summed E-state index contributed by atoms with van der Waals surface area (Å²) in [6.07, 6.45) is 1.06. The van der Waals surface area contributed by atoms with E-state index >= 15 is 0 Å². The van der Waals surface area contributed by atoms with Crippen molar-refractivity contribution in [3.05, 3.63) is 29.8 Å². The zero-order valence-corrected chi connectivity index (χ0v) is 12.6. The first-order chi connectivity index (χ1) is 9.22. The van der Waals surface area contributed by atoms with Crippen molar-refractivity contribution in [2.24, 2.45) is 5.92 Å². The summed E-state index contributed by atoms with van der Waals surface area (Å²) in [5, 5.41) is 3.56. The molecule has 0 fully saturated rings. The SMILES string of the molecule is CCNC(c1ccc(OCC)cc1)C(C)CCOC. The second-order valence-electron chi connectivity index (χ2n) is 4.80. The Morgan fingerprint density at radius 2 is 1.84 bits per heavy atom. The van der Waals surface area contributed by atoms with Gasteiger partial charge in [-0.3, -0.25) is 0 Å². The maximum atomic E-state index is 5.49. The molecule has 0 radical (unpaired) electrons. The van der Waals surface area contributed by atoms with Crippen molar-refractivity contribution in [2.45, 2.75) is 33.2 Å². The van der Waals surface area contributed by atoms with Gasteiger partial charge in [0.05, 0.1) is 6.61 Å². The third-order valence-corrected chi connectivity index (χ3v) is 3.32. The number of hydrogen-bond donors (Lipinski definition) is 1. The molecule has 0 aliphatic heterocycles. The van der Waals surface area contributed by atoms with Crippen LogP contribution in [0.15, 0.2) is 24.3 Å². The van der Waals surface area contributed by atoms with E-state index in [9.17, 15) is 0 Å². The van der Waals surface area contributed by atoms with E-state index in [1.807, 2.05) is 19.1 Å². The van der Waals surface area contributed by atoms with E-state index in [1.54, 1.807) is 7.11 Å². The predicted molar refractivity (Wildman–Crippen MR) is 79.7 cm³/mol. The molecule has 0 aromatic heterocycles. The Labute approximate surface area is 117 Å². The lowest BCUT2D eigenvalue weighted by molar-refractivity contribution is 0.170. The summed E-state index contributed by atoms with van der Waals surface area (Å²) in [7, 11) is 1.76. The Morgan fingerprint density at radius 3 is 2.37 bits per heavy atom. The third kappa shape index (κ3) is 5.21. The van der Waals surface area contributed by atoms with Crippen LogP contribution in [0.5, 0.6) is 5.75 Å². The van der Waals surface area contributed by atoms with E-state index in [4.69, 9.17) is 9.47 Å². The Morgan fingerprint density at radius 1 is 1.16 bits per heavy atom. The lowest BCUT2D eigenvalue weighted by Crippen LogP contribution is -2.27. The van der Waals surface area contributed by atoms with Crippen LogP contribution in [0.3, 0.4) is 0 Å². The van der Waals surface area contributed by atoms with Crippen LogP contribution in [0.2, 0.25) is 0 Å². The molecule has 0 spiro atoms. The highest BCUT2D eigenvalue weighted by Crippen LogP contribution is 2.26. The molecule has 2 atom stereocenters. The minimum Gasteiger partial charge on any atom is -0.494 e. The van der Waals surface area contributed by atoms with Crippen LogP contribution in [0, 0.1) is 5.92 Å². The second-order valence-corrected chi connectivity index (χ2v) is 4.80. The van der Waals surface area contributed by atoms with Gasteiger partial charge in [-0.05, 0) is 43.5 Å². The zero-order valence-electron chi connectivity index (χ0n) is 12.6. The number of nitrogens with one attached hydrogen (secondary N) is 1. The Bertz CT molecular complexity index is 337. The standard InChI is InChI=1S/C16H27NO2/c1-5-17-16(13(3)11-12-18-4)14-7-9-15(10-8-14)19-6-2/h7-10,13,16-17H,5-6,11-12H2,1-4H3. The van der Waals surface area contributed by atoms with E-state index in [0.29, 0.717) is 18.6 Å². The summed E-state index contributed by atoms with van der Waals surface area (Å²) < 4.78 is 10.7. The van der Waals surface area contributed by atoms with Crippen molar-refractivity contribution >= 4 is 0 Å². The summed E-state index contributed by atoms with van der Waals surface area (Å²) in [5.74, 6) is 1.48. The van der Waals surface area contributed by atoms with Gasteiger partial charge in [-0.15, -0.1) is 0 Å². The molecule has 108 valence electrons. The van der Waals surface area contributed by atoms with Gasteiger partial charge in [-0.25, -0.2) is 0 Å². The van der Waals surface area contributed by atoms with Gasteiger partial charge in [0.25, 0.3) is 0 Å². The van der Waals surface area contributed by atoms with E-state index in [2.05, 4.69) is 31.3 Å². The maximum absolute atomic E-state index is 5.49. The maximum Gasteiger partial charge on any atom is 0.119 e. The fourth-order valence-electron chi connectivity index (χ4n) is 2.28. The molecule has 0 bridgehead atoms. The van der Waals surface area contributed by atoms with Gasteiger partial charge in [-0.2, -0.15) is 0 Å². The van der Waals surface area contributed by atoms with E-state index in [0.717, 1.165) is 25.3 Å². The molecule has 19 heavy (non-hydrogen) atoms. The normalized spacial score (nSPS) is 14.1. The van der Waals surface area contributed by atoms with E-state index < -0.39 is 0 Å². The predicted octanol–water partition coefficient (Wildman–Crippen LogP) is 3.41. The monoisotopic (exact) mass is 265 g/mol. The van der Waals surface area contributed by atoms with Crippen molar-refractivity contribution < 1.29 is 9.47 Å². The largest absolute Gasteiger partial charge is 0.494 e. The molecule has 0 aliphatic rings. The smallest absolute Gasteiger partial charge is 0.119 e. The average Bonchev–Trinajstić information content (AvgIpc) is 2.43. The average molecular weight is 265 g/mol. The topological polar surface area (TPSA) is 30.5 Å². The molecule has 1 N–H and O–H groups in total. The molecule has 0 aliphatic carbocycles. The fourth-order valence-corrected chi connectivity index (χ4v) is 2.28. The summed E-state index contributed by atoms with van der Waals surface area (Å²) in [5.41, 5.74) is 1.31. The molecule has 1 rings (SSSR count). The van der Waals surface area contributed by atoms with E-state index in [1.165, 1.54) is 5.56 Å². The second kappa shape index (κ2) is 8.94. The summed E-state index contributed by atoms with van der Waals surface area (Å²) >= 11 is 0. The molecule has 0 saturated heterocycles. The highest BCUT2D eigenvalue weighted by atomic mass is 16.5. The molecular formula is C16H27NO2. The number of methoxy groups -OCH3 is 1. The summed E-state index contributed by atoms with van der Waals surface area (Å²) in [6, 6.07) is 8.78. The molecular weight excluding hydrogens is 238 g/mol. The van der Waals surface area contributed by atoms with Gasteiger partial charge in [0.2, 0.25) is 0 Å². The lowest BCUT2D eigenvalue weighted by atomic mass is 9.92. The quantitative estimate of drug-likeness (QED) is 0.742. The van der Waals surface area contributed by atoms with Crippen molar-refractivity contribution in [2.75, 3.05) is 26.9 Å². The Kier molecular flexibility index (Phi) is 7.53. The first kappa shape index (κ1) is 16.0. The summed E-state index contributed by atoms with van der Waals surface area (Å²) in [6.45, 7) is 8.89. The molecule has 3 heteroatoms. The van der Waals surface area contributed by atoms with Crippen LogP contribution < -0.4 is 10.1 Å². The number of ether oxygens (including phenoxy) is 2. The van der Waals surface area contributed by atoms with Gasteiger partial charge in [-0.1, -0.05) is 26.0 Å². The minimum absolute atomic E-state index is 0.371. The molecule has 0 amide bonds. The first-order valence-corrected chi connectivity index (χ1v) is 7.18. The highest BCUT2D eigenvalue weighted by molar-refractivity contribution is 5.29. The molecule has 1 aromatic carbocycles. The number of rotatable bonds is 9. The van der Waals surface area contributed by atoms with E-state index in [-0.39, 0.29) is 0 Å². The summed E-state index contributed by atoms with van der Waals surface area (Å²) in [4.78, 5) is 0. The molecule has 0 heterocycles. The van der Waals surface area contributed by atoms with Crippen LogP contribution in [0.1, 0.15) is 38.8 Å². The molecule has 1 aromatic rings. The Hall–Kier alpha value is -1.06. The van der Waals surface area contributed by atoms with Crippen LogP contribution in [0.25, 0.3) is 0 Å². The first-order valence-electron chi connectivity index (χ1n) is 7.18. The highest BCUT2D eigenvalue weighted by Gasteiger charge is 2.18. The van der Waals surface area contributed by atoms with Gasteiger partial charge < -0.3 is 14.8 Å². The zero-order chi connectivity index (χ0) is 14.1. The lowest BCUT2D eigenvalue weighted by Gasteiger charge is -2.25. The third-order valence-electron chi connectivity index (χ3n) is 3.32. The van der Waals surface area contributed by atoms with Crippen LogP contribution >= 0.6 is 0 Å². The Balaban J connectivity index is 2.73. The van der Waals surface area contributed by atoms with Crippen LogP contribution in [0.4, 0.5) is 0 Å². The fraction of sp³-hybridized carbons (Fsp3) is 0.625.